The fraction of sp³-hybridized carbons (Fsp3) is 0.833. The highest BCUT2D eigenvalue weighted by Crippen LogP contribution is 2.15. The number of hydrogen-bond donors (Lipinski definition) is 2. The molecule has 0 aliphatic heterocycles. The second-order valence-electron chi connectivity index (χ2n) is 4.24. The van der Waals surface area contributed by atoms with Crippen LogP contribution in [0.15, 0.2) is 11.8 Å². The van der Waals surface area contributed by atoms with Gasteiger partial charge in [-0.1, -0.05) is 32.1 Å². The largest absolute Gasteiger partial charge is 0.513 e. The van der Waals surface area contributed by atoms with Crippen molar-refractivity contribution in [3.8, 4) is 0 Å². The maximum Gasteiger partial charge on any atom is 0.0883 e. The van der Waals surface area contributed by atoms with Crippen molar-refractivity contribution in [3.05, 3.63) is 11.8 Å². The van der Waals surface area contributed by atoms with Gasteiger partial charge in [-0.15, -0.1) is 0 Å². The maximum absolute atomic E-state index is 9.56. The fourth-order valence-corrected chi connectivity index (χ4v) is 1.89. The first-order valence-corrected chi connectivity index (χ1v) is 5.85. The molecular formula is C12H22O2. The minimum atomic E-state index is -0.253. The van der Waals surface area contributed by atoms with Gasteiger partial charge in [-0.25, -0.2) is 0 Å². The summed E-state index contributed by atoms with van der Waals surface area (Å²) in [6, 6.07) is 0. The Hall–Kier alpha value is -0.500. The highest BCUT2D eigenvalue weighted by atomic mass is 16.3. The van der Waals surface area contributed by atoms with Gasteiger partial charge in [0.2, 0.25) is 0 Å². The van der Waals surface area contributed by atoms with Gasteiger partial charge < -0.3 is 10.2 Å². The normalized spacial score (nSPS) is 30.9. The lowest BCUT2D eigenvalue weighted by Crippen LogP contribution is -2.05. The molecule has 0 heterocycles. The molecule has 0 fully saturated rings. The third kappa shape index (κ3) is 5.28. The number of aliphatic hydroxyl groups is 2. The summed E-state index contributed by atoms with van der Waals surface area (Å²) in [6.45, 7) is 0. The Bertz CT molecular complexity index is 175. The van der Waals surface area contributed by atoms with E-state index in [4.69, 9.17) is 0 Å². The smallest absolute Gasteiger partial charge is 0.0883 e. The Labute approximate surface area is 86.6 Å². The van der Waals surface area contributed by atoms with E-state index in [1.54, 1.807) is 6.08 Å². The number of allylic oxidation sites excluding steroid dienone is 1. The predicted molar refractivity (Wildman–Crippen MR) is 58.3 cm³/mol. The molecule has 0 aromatic rings. The first-order chi connectivity index (χ1) is 6.79. The molecule has 1 unspecified atom stereocenters. The van der Waals surface area contributed by atoms with Gasteiger partial charge in [0.05, 0.1) is 11.9 Å². The van der Waals surface area contributed by atoms with Crippen LogP contribution in [0.5, 0.6) is 0 Å². The number of hydrogen-bond acceptors (Lipinski definition) is 2. The van der Waals surface area contributed by atoms with Crippen LogP contribution >= 0.6 is 0 Å². The van der Waals surface area contributed by atoms with E-state index in [1.807, 2.05) is 0 Å². The molecule has 0 radical (unpaired) electrons. The highest BCUT2D eigenvalue weighted by Gasteiger charge is 2.04. The Balaban J connectivity index is 2.34. The average Bonchev–Trinajstić information content (AvgIpc) is 2.17. The molecule has 0 bridgehead atoms. The minimum absolute atomic E-state index is 0.253. The van der Waals surface area contributed by atoms with E-state index in [-0.39, 0.29) is 6.10 Å². The summed E-state index contributed by atoms with van der Waals surface area (Å²) in [6.07, 6.45) is 11.0. The lowest BCUT2D eigenvalue weighted by molar-refractivity contribution is 0.162. The first kappa shape index (κ1) is 11.6. The van der Waals surface area contributed by atoms with Crippen LogP contribution in [0.4, 0.5) is 0 Å². The van der Waals surface area contributed by atoms with E-state index >= 15 is 0 Å². The summed E-state index contributed by atoms with van der Waals surface area (Å²) in [7, 11) is 0. The Morgan fingerprint density at radius 2 is 1.64 bits per heavy atom. The van der Waals surface area contributed by atoms with Crippen LogP contribution in [0, 0.1) is 0 Å². The van der Waals surface area contributed by atoms with Gasteiger partial charge in [0, 0.05) is 6.42 Å². The molecule has 0 saturated carbocycles. The summed E-state index contributed by atoms with van der Waals surface area (Å²) in [5, 5.41) is 19.0. The van der Waals surface area contributed by atoms with Crippen molar-refractivity contribution in [1.82, 2.24) is 0 Å². The molecule has 1 aliphatic rings. The van der Waals surface area contributed by atoms with Crippen LogP contribution in [0.1, 0.15) is 57.8 Å². The molecule has 14 heavy (non-hydrogen) atoms. The van der Waals surface area contributed by atoms with Crippen LogP contribution in [-0.4, -0.2) is 16.3 Å². The Kier molecular flexibility index (Phi) is 5.69. The van der Waals surface area contributed by atoms with Crippen LogP contribution < -0.4 is 0 Å². The molecule has 2 nitrogen and oxygen atoms in total. The first-order valence-electron chi connectivity index (χ1n) is 5.85. The zero-order valence-electron chi connectivity index (χ0n) is 8.91. The third-order valence-corrected chi connectivity index (χ3v) is 2.85. The quantitative estimate of drug-likeness (QED) is 0.627. The molecule has 2 N–H and O–H groups in total. The topological polar surface area (TPSA) is 40.5 Å². The van der Waals surface area contributed by atoms with Crippen molar-refractivity contribution in [2.75, 3.05) is 0 Å². The fourth-order valence-electron chi connectivity index (χ4n) is 1.89. The Morgan fingerprint density at radius 1 is 1.00 bits per heavy atom. The second-order valence-corrected chi connectivity index (χ2v) is 4.24. The van der Waals surface area contributed by atoms with Crippen molar-refractivity contribution >= 4 is 0 Å². The predicted octanol–water partition coefficient (Wildman–Crippen LogP) is 3.31. The average molecular weight is 198 g/mol. The molecule has 1 rings (SSSR count). The molecule has 0 saturated heterocycles. The van der Waals surface area contributed by atoms with Crippen LogP contribution in [0.3, 0.4) is 0 Å². The molecule has 1 atom stereocenters. The van der Waals surface area contributed by atoms with E-state index in [1.165, 1.54) is 25.7 Å². The maximum atomic E-state index is 9.56. The van der Waals surface area contributed by atoms with Crippen molar-refractivity contribution in [3.63, 3.8) is 0 Å². The molecule has 0 aromatic carbocycles. The molecule has 0 amide bonds. The summed E-state index contributed by atoms with van der Waals surface area (Å²) in [5.74, 6) is 0.463. The summed E-state index contributed by atoms with van der Waals surface area (Å²) in [5.41, 5.74) is 0. The monoisotopic (exact) mass is 198 g/mol. The van der Waals surface area contributed by atoms with Crippen molar-refractivity contribution in [2.24, 2.45) is 0 Å². The van der Waals surface area contributed by atoms with Gasteiger partial charge in [0.25, 0.3) is 0 Å². The van der Waals surface area contributed by atoms with Gasteiger partial charge in [-0.2, -0.15) is 0 Å². The third-order valence-electron chi connectivity index (χ3n) is 2.85. The second kappa shape index (κ2) is 6.88. The summed E-state index contributed by atoms with van der Waals surface area (Å²) >= 11 is 0. The Morgan fingerprint density at radius 3 is 2.43 bits per heavy atom. The molecule has 0 aromatic heterocycles. The van der Waals surface area contributed by atoms with Crippen molar-refractivity contribution in [1.29, 1.82) is 0 Å². The highest BCUT2D eigenvalue weighted by molar-refractivity contribution is 4.92. The molecule has 2 heteroatoms. The van der Waals surface area contributed by atoms with Gasteiger partial charge in [-0.05, 0) is 25.3 Å². The van der Waals surface area contributed by atoms with Crippen LogP contribution in [0.25, 0.3) is 0 Å². The van der Waals surface area contributed by atoms with Gasteiger partial charge in [0.15, 0.2) is 0 Å². The van der Waals surface area contributed by atoms with Crippen LogP contribution in [-0.2, 0) is 0 Å². The summed E-state index contributed by atoms with van der Waals surface area (Å²) in [4.78, 5) is 0. The lowest BCUT2D eigenvalue weighted by Gasteiger charge is -2.10. The van der Waals surface area contributed by atoms with E-state index < -0.39 is 0 Å². The van der Waals surface area contributed by atoms with E-state index in [0.717, 1.165) is 25.7 Å². The van der Waals surface area contributed by atoms with E-state index in [9.17, 15) is 10.2 Å². The molecule has 0 spiro atoms. The SMILES string of the molecule is O/C1=C/CC(O)CCCCCCCC1. The lowest BCUT2D eigenvalue weighted by atomic mass is 10.0. The molecule has 1 aliphatic carbocycles. The zero-order chi connectivity index (χ0) is 10.2. The van der Waals surface area contributed by atoms with Crippen molar-refractivity contribution in [2.45, 2.75) is 63.9 Å². The van der Waals surface area contributed by atoms with E-state index in [0.29, 0.717) is 12.2 Å². The van der Waals surface area contributed by atoms with E-state index in [2.05, 4.69) is 0 Å². The minimum Gasteiger partial charge on any atom is -0.513 e. The van der Waals surface area contributed by atoms with Crippen LogP contribution in [0.2, 0.25) is 0 Å². The van der Waals surface area contributed by atoms with Gasteiger partial charge >= 0.3 is 0 Å². The summed E-state index contributed by atoms with van der Waals surface area (Å²) < 4.78 is 0. The number of aliphatic hydroxyl groups excluding tert-OH is 2. The number of rotatable bonds is 0. The van der Waals surface area contributed by atoms with Crippen molar-refractivity contribution < 1.29 is 10.2 Å². The van der Waals surface area contributed by atoms with Gasteiger partial charge in [-0.3, -0.25) is 0 Å². The standard InChI is InChI=1S/C12H22O2/c13-11-7-5-3-1-2-4-6-8-12(14)10-9-11/h9,12-14H,1-8,10H2/b11-9+. The molecular weight excluding hydrogens is 176 g/mol. The van der Waals surface area contributed by atoms with Gasteiger partial charge in [0.1, 0.15) is 0 Å². The zero-order valence-corrected chi connectivity index (χ0v) is 8.91. The molecule has 82 valence electrons.